The van der Waals surface area contributed by atoms with Crippen molar-refractivity contribution in [2.75, 3.05) is 0 Å². The van der Waals surface area contributed by atoms with Crippen molar-refractivity contribution in [3.8, 4) is 12.1 Å². The van der Waals surface area contributed by atoms with Gasteiger partial charge in [0, 0.05) is 5.92 Å². The highest BCUT2D eigenvalue weighted by atomic mass is 16.2. The summed E-state index contributed by atoms with van der Waals surface area (Å²) in [5.41, 5.74) is -2.44. The van der Waals surface area contributed by atoms with E-state index in [1.165, 1.54) is 0 Å². The molecule has 2 unspecified atom stereocenters. The van der Waals surface area contributed by atoms with Crippen molar-refractivity contribution in [2.24, 2.45) is 10.8 Å². The number of fused-ring (bicyclic) bond motifs is 1. The molecule has 1 saturated carbocycles. The number of carbonyl (C=O) groups is 2. The molecule has 0 aromatic heterocycles. The third kappa shape index (κ3) is 0.802. The van der Waals surface area contributed by atoms with Gasteiger partial charge >= 0.3 is 0 Å². The Balaban J connectivity index is 2.22. The number of nitriles is 2. The van der Waals surface area contributed by atoms with E-state index >= 15 is 0 Å². The van der Waals surface area contributed by atoms with Gasteiger partial charge in [0.1, 0.15) is 0 Å². The summed E-state index contributed by atoms with van der Waals surface area (Å²) in [7, 11) is 0. The van der Waals surface area contributed by atoms with Gasteiger partial charge in [-0.2, -0.15) is 10.5 Å². The van der Waals surface area contributed by atoms with Crippen LogP contribution >= 0.6 is 0 Å². The molecule has 3 rings (SSSR count). The van der Waals surface area contributed by atoms with Crippen LogP contribution < -0.4 is 5.32 Å². The zero-order valence-corrected chi connectivity index (χ0v) is 9.18. The summed E-state index contributed by atoms with van der Waals surface area (Å²) < 4.78 is 0. The van der Waals surface area contributed by atoms with Gasteiger partial charge in [-0.05, 0) is 5.56 Å². The predicted octanol–water partition coefficient (Wildman–Crippen LogP) is 0.460. The largest absolute Gasteiger partial charge is 0.293 e. The van der Waals surface area contributed by atoms with E-state index < -0.39 is 28.6 Å². The molecule has 18 heavy (non-hydrogen) atoms. The smallest absolute Gasteiger partial charge is 0.250 e. The number of amides is 2. The average molecular weight is 237 g/mol. The van der Waals surface area contributed by atoms with Gasteiger partial charge in [-0.25, -0.2) is 0 Å². The number of benzene rings is 1. The fourth-order valence-corrected chi connectivity index (χ4v) is 2.95. The molecule has 5 heteroatoms. The van der Waals surface area contributed by atoms with Crippen LogP contribution in [0, 0.1) is 33.5 Å². The van der Waals surface area contributed by atoms with Crippen molar-refractivity contribution in [3.63, 3.8) is 0 Å². The molecule has 1 aromatic carbocycles. The van der Waals surface area contributed by atoms with Crippen LogP contribution in [0.15, 0.2) is 30.3 Å². The molecular formula is C13H7N3O2. The van der Waals surface area contributed by atoms with Crippen LogP contribution in [0.4, 0.5) is 0 Å². The van der Waals surface area contributed by atoms with Gasteiger partial charge in [0.2, 0.25) is 11.8 Å². The van der Waals surface area contributed by atoms with Gasteiger partial charge in [0.25, 0.3) is 0 Å². The first-order valence-electron chi connectivity index (χ1n) is 5.38. The maximum atomic E-state index is 11.8. The maximum Gasteiger partial charge on any atom is 0.250 e. The van der Waals surface area contributed by atoms with Crippen molar-refractivity contribution >= 4 is 11.8 Å². The zero-order valence-electron chi connectivity index (χ0n) is 9.18. The normalized spacial score (nSPS) is 36.2. The Bertz CT molecular complexity index is 617. The SMILES string of the molecule is N#CC12C(=O)NC(=O)C1(C#N)C2c1ccccc1. The third-order valence-electron chi connectivity index (χ3n) is 3.83. The zero-order chi connectivity index (χ0) is 13.0. The number of nitrogens with one attached hydrogen (secondary N) is 1. The second-order valence-corrected chi connectivity index (χ2v) is 4.47. The number of imide groups is 1. The van der Waals surface area contributed by atoms with Crippen LogP contribution in [0.5, 0.6) is 0 Å². The molecule has 86 valence electrons. The van der Waals surface area contributed by atoms with E-state index in [9.17, 15) is 20.1 Å². The summed E-state index contributed by atoms with van der Waals surface area (Å²) in [4.78, 5) is 23.6. The van der Waals surface area contributed by atoms with Crippen molar-refractivity contribution < 1.29 is 9.59 Å². The molecule has 0 bridgehead atoms. The van der Waals surface area contributed by atoms with Crippen molar-refractivity contribution in [1.82, 2.24) is 5.32 Å². The van der Waals surface area contributed by atoms with E-state index in [4.69, 9.17) is 0 Å². The monoisotopic (exact) mass is 237 g/mol. The minimum absolute atomic E-state index is 0.662. The van der Waals surface area contributed by atoms with Gasteiger partial charge < -0.3 is 0 Å². The van der Waals surface area contributed by atoms with E-state index in [0.29, 0.717) is 5.56 Å². The molecule has 1 N–H and O–H groups in total. The molecule has 0 spiro atoms. The van der Waals surface area contributed by atoms with E-state index in [2.05, 4.69) is 5.32 Å². The van der Waals surface area contributed by atoms with Crippen LogP contribution in [0.25, 0.3) is 0 Å². The van der Waals surface area contributed by atoms with Crippen molar-refractivity contribution in [2.45, 2.75) is 5.92 Å². The molecule has 2 atom stereocenters. The predicted molar refractivity (Wildman–Crippen MR) is 58.4 cm³/mol. The fourth-order valence-electron chi connectivity index (χ4n) is 2.95. The van der Waals surface area contributed by atoms with Crippen LogP contribution in [0.1, 0.15) is 11.5 Å². The molecule has 2 aliphatic rings. The minimum atomic E-state index is -1.56. The van der Waals surface area contributed by atoms with E-state index in [-0.39, 0.29) is 0 Å². The van der Waals surface area contributed by atoms with Gasteiger partial charge in [-0.1, -0.05) is 30.3 Å². The van der Waals surface area contributed by atoms with Crippen molar-refractivity contribution in [3.05, 3.63) is 35.9 Å². The van der Waals surface area contributed by atoms with Crippen LogP contribution in [0.2, 0.25) is 0 Å². The summed E-state index contributed by atoms with van der Waals surface area (Å²) in [6, 6.07) is 12.5. The molecule has 5 nitrogen and oxygen atoms in total. The highest BCUT2D eigenvalue weighted by Crippen LogP contribution is 2.76. The van der Waals surface area contributed by atoms with Crippen molar-refractivity contribution in [1.29, 1.82) is 10.5 Å². The quantitative estimate of drug-likeness (QED) is 0.718. The van der Waals surface area contributed by atoms with Gasteiger partial charge in [0.05, 0.1) is 12.1 Å². The summed E-state index contributed by atoms with van der Waals surface area (Å²) in [5, 5.41) is 20.6. The van der Waals surface area contributed by atoms with E-state index in [1.807, 2.05) is 12.1 Å². The second-order valence-electron chi connectivity index (χ2n) is 4.47. The number of nitrogens with zero attached hydrogens (tertiary/aromatic N) is 2. The molecule has 1 aromatic rings. The first-order chi connectivity index (χ1) is 8.65. The van der Waals surface area contributed by atoms with E-state index in [0.717, 1.165) is 0 Å². The minimum Gasteiger partial charge on any atom is -0.293 e. The lowest BCUT2D eigenvalue weighted by atomic mass is 9.98. The highest BCUT2D eigenvalue weighted by molar-refractivity contribution is 6.19. The molecule has 1 saturated heterocycles. The Hall–Kier alpha value is -2.66. The average Bonchev–Trinajstić information content (AvgIpc) is 2.97. The van der Waals surface area contributed by atoms with Crippen LogP contribution in [-0.4, -0.2) is 11.8 Å². The van der Waals surface area contributed by atoms with E-state index in [1.54, 1.807) is 30.3 Å². The Morgan fingerprint density at radius 1 is 1.00 bits per heavy atom. The molecular weight excluding hydrogens is 230 g/mol. The van der Waals surface area contributed by atoms with Gasteiger partial charge in [0.15, 0.2) is 10.8 Å². The first kappa shape index (κ1) is 10.5. The number of rotatable bonds is 1. The number of hydrogen-bond acceptors (Lipinski definition) is 4. The number of piperidine rings is 1. The fraction of sp³-hybridized carbons (Fsp3) is 0.231. The Kier molecular flexibility index (Phi) is 1.73. The van der Waals surface area contributed by atoms with Gasteiger partial charge in [-0.3, -0.25) is 14.9 Å². The van der Waals surface area contributed by atoms with Crippen LogP contribution in [-0.2, 0) is 9.59 Å². The lowest BCUT2D eigenvalue weighted by Crippen LogP contribution is -2.31. The molecule has 1 aliphatic heterocycles. The Morgan fingerprint density at radius 3 is 1.94 bits per heavy atom. The molecule has 2 fully saturated rings. The molecule has 1 aliphatic carbocycles. The van der Waals surface area contributed by atoms with Gasteiger partial charge in [-0.15, -0.1) is 0 Å². The summed E-state index contributed by atoms with van der Waals surface area (Å²) >= 11 is 0. The molecule has 1 heterocycles. The number of carbonyl (C=O) groups excluding carboxylic acids is 2. The summed E-state index contributed by atoms with van der Waals surface area (Å²) in [6.45, 7) is 0. The topological polar surface area (TPSA) is 93.8 Å². The third-order valence-corrected chi connectivity index (χ3v) is 3.83. The highest BCUT2D eigenvalue weighted by Gasteiger charge is 2.90. The summed E-state index contributed by atoms with van der Waals surface area (Å²) in [5.74, 6) is -1.99. The summed E-state index contributed by atoms with van der Waals surface area (Å²) in [6.07, 6.45) is 0. The van der Waals surface area contributed by atoms with Crippen LogP contribution in [0.3, 0.4) is 0 Å². The molecule has 0 radical (unpaired) electrons. The number of hydrogen-bond donors (Lipinski definition) is 1. The Morgan fingerprint density at radius 2 is 1.50 bits per heavy atom. The first-order valence-corrected chi connectivity index (χ1v) is 5.38. The second kappa shape index (κ2) is 2.96. The lowest BCUT2D eigenvalue weighted by Gasteiger charge is -2.06. The maximum absolute atomic E-state index is 11.8. The standard InChI is InChI=1S/C13H7N3O2/c14-6-12-9(8-4-2-1-3-5-8)13(12,7-15)11(18)16-10(12)17/h1-5,9H,(H,16,17,18). The molecule has 2 amide bonds. The lowest BCUT2D eigenvalue weighted by molar-refractivity contribution is -0.128. The Labute approximate surface area is 103 Å².